The van der Waals surface area contributed by atoms with Gasteiger partial charge in [-0.2, -0.15) is 0 Å². The molecule has 0 aromatic heterocycles. The van der Waals surface area contributed by atoms with Crippen LogP contribution in [0.15, 0.2) is 30.3 Å². The van der Waals surface area contributed by atoms with E-state index in [0.29, 0.717) is 0 Å². The van der Waals surface area contributed by atoms with Crippen molar-refractivity contribution in [1.29, 1.82) is 0 Å². The maximum absolute atomic E-state index is 5.28. The summed E-state index contributed by atoms with van der Waals surface area (Å²) in [6, 6.07) is 10.3. The molecule has 2 rings (SSSR count). The summed E-state index contributed by atoms with van der Waals surface area (Å²) >= 11 is 1.45. The van der Waals surface area contributed by atoms with Crippen LogP contribution >= 0.6 is 12.2 Å². The van der Waals surface area contributed by atoms with Crippen molar-refractivity contribution in [2.24, 2.45) is 0 Å². The smallest absolute Gasteiger partial charge is 0.114 e. The number of hydrogen-bond donors (Lipinski definition) is 0. The lowest BCUT2D eigenvalue weighted by atomic mass is 10.3. The average molecular weight is 181 g/mol. The predicted molar refractivity (Wildman–Crippen MR) is 51.9 cm³/mol. The van der Waals surface area contributed by atoms with Crippen LogP contribution in [0.2, 0.25) is 0 Å². The van der Waals surface area contributed by atoms with Gasteiger partial charge < -0.3 is 0 Å². The van der Waals surface area contributed by atoms with Gasteiger partial charge in [0.25, 0.3) is 0 Å². The molecule has 0 aliphatic carbocycles. The van der Waals surface area contributed by atoms with Gasteiger partial charge in [-0.3, -0.25) is 8.49 Å². The van der Waals surface area contributed by atoms with Crippen molar-refractivity contribution in [3.8, 4) is 0 Å². The molecule has 0 bridgehead atoms. The lowest BCUT2D eigenvalue weighted by molar-refractivity contribution is 0.351. The molecule has 0 unspecified atom stereocenters. The largest absolute Gasteiger partial charge is 0.297 e. The Morgan fingerprint density at radius 1 is 1.25 bits per heavy atom. The van der Waals surface area contributed by atoms with E-state index in [2.05, 4.69) is 16.4 Å². The molecule has 0 radical (unpaired) electrons. The van der Waals surface area contributed by atoms with E-state index >= 15 is 0 Å². The molecule has 1 fully saturated rings. The third kappa shape index (κ3) is 1.73. The third-order valence-electron chi connectivity index (χ3n) is 1.78. The zero-order valence-electron chi connectivity index (χ0n) is 6.77. The van der Waals surface area contributed by atoms with E-state index in [1.54, 1.807) is 0 Å². The minimum Gasteiger partial charge on any atom is -0.297 e. The van der Waals surface area contributed by atoms with Crippen molar-refractivity contribution < 1.29 is 4.18 Å². The summed E-state index contributed by atoms with van der Waals surface area (Å²) < 4.78 is 7.45. The molecular formula is C9H11NOS. The van der Waals surface area contributed by atoms with E-state index in [1.807, 2.05) is 18.2 Å². The fraction of sp³-hybridized carbons (Fsp3) is 0.333. The molecule has 0 N–H and O–H groups in total. The van der Waals surface area contributed by atoms with Gasteiger partial charge in [-0.15, -0.1) is 0 Å². The first-order valence-corrected chi connectivity index (χ1v) is 4.79. The Bertz CT molecular complexity index is 234. The molecule has 1 aromatic carbocycles. The molecule has 2 nitrogen and oxygen atoms in total. The standard InChI is InChI=1S/C9H11NOS/c1-2-5-9(6-3-1)10-7-4-8-11-12-10/h1-3,5-6H,4,7-8H2. The van der Waals surface area contributed by atoms with E-state index in [9.17, 15) is 0 Å². The minimum atomic E-state index is 0.869. The lowest BCUT2D eigenvalue weighted by Gasteiger charge is -2.25. The monoisotopic (exact) mass is 181 g/mol. The molecule has 3 heteroatoms. The van der Waals surface area contributed by atoms with Gasteiger partial charge in [0.05, 0.1) is 6.61 Å². The Labute approximate surface area is 76.9 Å². The van der Waals surface area contributed by atoms with Crippen LogP contribution in [0.1, 0.15) is 6.42 Å². The summed E-state index contributed by atoms with van der Waals surface area (Å²) in [5.74, 6) is 0. The van der Waals surface area contributed by atoms with Crippen LogP contribution in [0, 0.1) is 0 Å². The zero-order valence-corrected chi connectivity index (χ0v) is 7.59. The number of anilines is 1. The summed E-state index contributed by atoms with van der Waals surface area (Å²) in [5.41, 5.74) is 1.22. The predicted octanol–water partition coefficient (Wildman–Crippen LogP) is 2.48. The van der Waals surface area contributed by atoms with Crippen LogP contribution in [-0.2, 0) is 4.18 Å². The van der Waals surface area contributed by atoms with Crippen LogP contribution in [0.4, 0.5) is 5.69 Å². The Balaban J connectivity index is 2.08. The van der Waals surface area contributed by atoms with Crippen molar-refractivity contribution in [1.82, 2.24) is 0 Å². The molecule has 1 heterocycles. The normalized spacial score (nSPS) is 17.8. The molecule has 0 spiro atoms. The first kappa shape index (κ1) is 7.95. The number of hydrogen-bond acceptors (Lipinski definition) is 3. The summed E-state index contributed by atoms with van der Waals surface area (Å²) in [7, 11) is 0. The summed E-state index contributed by atoms with van der Waals surface area (Å²) in [6.07, 6.45) is 1.11. The van der Waals surface area contributed by atoms with Crippen molar-refractivity contribution in [3.05, 3.63) is 30.3 Å². The molecule has 1 aliphatic heterocycles. The van der Waals surface area contributed by atoms with Gasteiger partial charge in [0.2, 0.25) is 0 Å². The minimum absolute atomic E-state index is 0.869. The Morgan fingerprint density at radius 3 is 2.75 bits per heavy atom. The topological polar surface area (TPSA) is 12.5 Å². The fourth-order valence-corrected chi connectivity index (χ4v) is 1.90. The SMILES string of the molecule is c1ccc(N2CCCOS2)cc1. The van der Waals surface area contributed by atoms with Crippen LogP contribution in [0.25, 0.3) is 0 Å². The van der Waals surface area contributed by atoms with E-state index in [1.165, 1.54) is 17.9 Å². The Kier molecular flexibility index (Phi) is 2.54. The quantitative estimate of drug-likeness (QED) is 0.488. The zero-order chi connectivity index (χ0) is 8.23. The van der Waals surface area contributed by atoms with Gasteiger partial charge in [0.15, 0.2) is 0 Å². The molecule has 1 aromatic rings. The fourth-order valence-electron chi connectivity index (χ4n) is 1.17. The van der Waals surface area contributed by atoms with E-state index in [0.717, 1.165) is 19.6 Å². The van der Waals surface area contributed by atoms with Gasteiger partial charge in [0, 0.05) is 12.2 Å². The first-order chi connectivity index (χ1) is 5.97. The van der Waals surface area contributed by atoms with Gasteiger partial charge in [-0.25, -0.2) is 0 Å². The van der Waals surface area contributed by atoms with Crippen molar-refractivity contribution in [2.75, 3.05) is 17.5 Å². The van der Waals surface area contributed by atoms with Crippen molar-refractivity contribution in [2.45, 2.75) is 6.42 Å². The summed E-state index contributed by atoms with van der Waals surface area (Å²) in [6.45, 7) is 1.95. The molecule has 64 valence electrons. The Hall–Kier alpha value is -0.670. The van der Waals surface area contributed by atoms with E-state index in [4.69, 9.17) is 4.18 Å². The van der Waals surface area contributed by atoms with Gasteiger partial charge in [-0.05, 0) is 18.6 Å². The van der Waals surface area contributed by atoms with Crippen molar-refractivity contribution in [3.63, 3.8) is 0 Å². The third-order valence-corrected chi connectivity index (χ3v) is 2.62. The number of para-hydroxylation sites is 1. The molecular weight excluding hydrogens is 170 g/mol. The highest BCUT2D eigenvalue weighted by Crippen LogP contribution is 2.25. The lowest BCUT2D eigenvalue weighted by Crippen LogP contribution is -2.22. The summed E-state index contributed by atoms with van der Waals surface area (Å²) in [5, 5.41) is 0. The van der Waals surface area contributed by atoms with Gasteiger partial charge >= 0.3 is 0 Å². The van der Waals surface area contributed by atoms with Crippen LogP contribution in [0.5, 0.6) is 0 Å². The van der Waals surface area contributed by atoms with Crippen LogP contribution in [0.3, 0.4) is 0 Å². The molecule has 0 saturated carbocycles. The molecule has 0 amide bonds. The van der Waals surface area contributed by atoms with Crippen molar-refractivity contribution >= 4 is 17.9 Å². The summed E-state index contributed by atoms with van der Waals surface area (Å²) in [4.78, 5) is 0. The second-order valence-electron chi connectivity index (χ2n) is 2.69. The molecule has 1 saturated heterocycles. The molecule has 1 aliphatic rings. The number of rotatable bonds is 1. The van der Waals surface area contributed by atoms with Gasteiger partial charge in [-0.1, -0.05) is 18.2 Å². The average Bonchev–Trinajstić information content (AvgIpc) is 2.21. The van der Waals surface area contributed by atoms with E-state index in [-0.39, 0.29) is 0 Å². The number of nitrogens with zero attached hydrogens (tertiary/aromatic N) is 1. The molecule has 0 atom stereocenters. The van der Waals surface area contributed by atoms with E-state index < -0.39 is 0 Å². The first-order valence-electron chi connectivity index (χ1n) is 4.09. The maximum Gasteiger partial charge on any atom is 0.114 e. The van der Waals surface area contributed by atoms with Crippen LogP contribution < -0.4 is 4.31 Å². The highest BCUT2D eigenvalue weighted by molar-refractivity contribution is 7.96. The highest BCUT2D eigenvalue weighted by atomic mass is 32.2. The highest BCUT2D eigenvalue weighted by Gasteiger charge is 2.11. The Morgan fingerprint density at radius 2 is 2.08 bits per heavy atom. The number of benzene rings is 1. The van der Waals surface area contributed by atoms with Gasteiger partial charge in [0.1, 0.15) is 12.2 Å². The molecule has 12 heavy (non-hydrogen) atoms. The van der Waals surface area contributed by atoms with Crippen LogP contribution in [-0.4, -0.2) is 13.2 Å². The maximum atomic E-state index is 5.28. The second-order valence-corrected chi connectivity index (χ2v) is 3.51. The second kappa shape index (κ2) is 3.83.